The first-order chi connectivity index (χ1) is 18.8. The molecule has 8 nitrogen and oxygen atoms in total. The molecular formula is C31H46N2O6. The van der Waals surface area contributed by atoms with Gasteiger partial charge in [0.15, 0.2) is 11.5 Å². The number of benzene rings is 2. The Labute approximate surface area is 234 Å². The van der Waals surface area contributed by atoms with Crippen LogP contribution in [0, 0.1) is 17.2 Å². The fraction of sp³-hybridized carbons (Fsp3) is 0.581. The largest absolute Gasteiger partial charge is 0.493 e. The smallest absolute Gasteiger partial charge is 0.161 e. The highest BCUT2D eigenvalue weighted by Crippen LogP contribution is 2.38. The third-order valence-electron chi connectivity index (χ3n) is 7.14. The lowest BCUT2D eigenvalue weighted by atomic mass is 9.69. The number of methoxy groups -OCH3 is 3. The van der Waals surface area contributed by atoms with Gasteiger partial charge >= 0.3 is 0 Å². The van der Waals surface area contributed by atoms with Gasteiger partial charge in [-0.3, -0.25) is 0 Å². The molecule has 2 aromatic rings. The van der Waals surface area contributed by atoms with Crippen LogP contribution in [-0.2, 0) is 27.9 Å². The van der Waals surface area contributed by atoms with Gasteiger partial charge in [-0.25, -0.2) is 0 Å². The van der Waals surface area contributed by atoms with E-state index in [-0.39, 0.29) is 12.5 Å². The van der Waals surface area contributed by atoms with Crippen molar-refractivity contribution < 1.29 is 28.8 Å². The molecule has 0 aliphatic heterocycles. The summed E-state index contributed by atoms with van der Waals surface area (Å²) >= 11 is 0. The van der Waals surface area contributed by atoms with Crippen LogP contribution in [-0.4, -0.2) is 77.9 Å². The SMILES string of the molecule is COCCOc1ccc(C(C#N)(CCCN(C)CCc2ccc(OCCOC)c(OC)c2)C(C)C)cc1CO. The number of rotatable bonds is 19. The highest BCUT2D eigenvalue weighted by atomic mass is 16.5. The molecule has 0 spiro atoms. The molecule has 39 heavy (non-hydrogen) atoms. The summed E-state index contributed by atoms with van der Waals surface area (Å²) in [6, 6.07) is 14.4. The molecule has 2 rings (SSSR count). The standard InChI is InChI=1S/C31H46N2O6/c1-24(2)31(23-32,27-9-11-28(26(21-27)22-34)38-18-16-35-4)13-7-14-33(3)15-12-25-8-10-29(30(20-25)37-6)39-19-17-36-5/h8-11,20-21,24,34H,7,12-19,22H2,1-6H3. The lowest BCUT2D eigenvalue weighted by Crippen LogP contribution is -2.32. The number of ether oxygens (including phenoxy) is 5. The van der Waals surface area contributed by atoms with Crippen molar-refractivity contribution in [3.05, 3.63) is 53.1 Å². The van der Waals surface area contributed by atoms with Crippen molar-refractivity contribution in [2.75, 3.05) is 67.9 Å². The van der Waals surface area contributed by atoms with Gasteiger partial charge in [0, 0.05) is 26.3 Å². The summed E-state index contributed by atoms with van der Waals surface area (Å²) in [6.45, 7) is 7.66. The number of nitrogens with zero attached hydrogens (tertiary/aromatic N) is 2. The minimum atomic E-state index is -0.651. The minimum absolute atomic E-state index is 0.108. The molecule has 1 unspecified atom stereocenters. The van der Waals surface area contributed by atoms with Gasteiger partial charge in [0.1, 0.15) is 19.0 Å². The number of hydrogen-bond donors (Lipinski definition) is 1. The third kappa shape index (κ3) is 9.40. The molecule has 0 fully saturated rings. The lowest BCUT2D eigenvalue weighted by Gasteiger charge is -2.32. The van der Waals surface area contributed by atoms with Gasteiger partial charge in [0.25, 0.3) is 0 Å². The van der Waals surface area contributed by atoms with Crippen LogP contribution < -0.4 is 14.2 Å². The van der Waals surface area contributed by atoms with Gasteiger partial charge in [-0.05, 0) is 74.2 Å². The zero-order valence-electron chi connectivity index (χ0n) is 24.5. The minimum Gasteiger partial charge on any atom is -0.493 e. The molecule has 0 aromatic heterocycles. The Morgan fingerprint density at radius 2 is 1.56 bits per heavy atom. The molecule has 0 saturated heterocycles. The molecule has 0 radical (unpaired) electrons. The first kappa shape index (κ1) is 32.4. The Bertz CT molecular complexity index is 1040. The fourth-order valence-corrected chi connectivity index (χ4v) is 4.65. The van der Waals surface area contributed by atoms with E-state index in [2.05, 4.69) is 37.9 Å². The molecule has 0 amide bonds. The highest BCUT2D eigenvalue weighted by Gasteiger charge is 2.36. The second-order valence-corrected chi connectivity index (χ2v) is 10.0. The average Bonchev–Trinajstić information content (AvgIpc) is 2.95. The van der Waals surface area contributed by atoms with E-state index in [9.17, 15) is 10.4 Å². The zero-order valence-corrected chi connectivity index (χ0v) is 24.5. The summed E-state index contributed by atoms with van der Waals surface area (Å²) in [6.07, 6.45) is 2.48. The van der Waals surface area contributed by atoms with Crippen LogP contribution in [0.5, 0.6) is 17.2 Å². The first-order valence-corrected chi connectivity index (χ1v) is 13.6. The Kier molecular flexibility index (Phi) is 14.1. The van der Waals surface area contributed by atoms with E-state index in [1.807, 2.05) is 30.3 Å². The maximum absolute atomic E-state index is 10.4. The van der Waals surface area contributed by atoms with Crippen molar-refractivity contribution in [3.63, 3.8) is 0 Å². The van der Waals surface area contributed by atoms with E-state index < -0.39 is 5.41 Å². The highest BCUT2D eigenvalue weighted by molar-refractivity contribution is 5.44. The van der Waals surface area contributed by atoms with E-state index in [1.165, 1.54) is 5.56 Å². The van der Waals surface area contributed by atoms with E-state index in [1.54, 1.807) is 21.3 Å². The zero-order chi connectivity index (χ0) is 28.7. The van der Waals surface area contributed by atoms with Gasteiger partial charge < -0.3 is 33.7 Å². The number of aliphatic hydroxyl groups is 1. The van der Waals surface area contributed by atoms with Crippen LogP contribution in [0.4, 0.5) is 0 Å². The van der Waals surface area contributed by atoms with Crippen molar-refractivity contribution >= 4 is 0 Å². The van der Waals surface area contributed by atoms with E-state index in [0.29, 0.717) is 43.5 Å². The summed E-state index contributed by atoms with van der Waals surface area (Å²) in [5, 5.41) is 20.3. The van der Waals surface area contributed by atoms with E-state index in [0.717, 1.165) is 43.7 Å². The molecule has 0 aliphatic carbocycles. The second-order valence-electron chi connectivity index (χ2n) is 10.0. The van der Waals surface area contributed by atoms with Crippen LogP contribution in [0.25, 0.3) is 0 Å². The van der Waals surface area contributed by atoms with Gasteiger partial charge in [-0.15, -0.1) is 0 Å². The average molecular weight is 543 g/mol. The van der Waals surface area contributed by atoms with Crippen molar-refractivity contribution in [2.45, 2.75) is 45.1 Å². The number of nitriles is 1. The Hall–Kier alpha value is -2.83. The van der Waals surface area contributed by atoms with Crippen LogP contribution in [0.3, 0.4) is 0 Å². The maximum atomic E-state index is 10.4. The molecule has 2 aromatic carbocycles. The van der Waals surface area contributed by atoms with Crippen LogP contribution in [0.2, 0.25) is 0 Å². The summed E-state index contributed by atoms with van der Waals surface area (Å²) in [7, 11) is 7.03. The molecule has 1 atom stereocenters. The third-order valence-corrected chi connectivity index (χ3v) is 7.14. The molecule has 0 aliphatic rings. The fourth-order valence-electron chi connectivity index (χ4n) is 4.65. The quantitative estimate of drug-likeness (QED) is 0.257. The molecule has 0 saturated carbocycles. The number of hydrogen-bond acceptors (Lipinski definition) is 8. The summed E-state index contributed by atoms with van der Waals surface area (Å²) in [4.78, 5) is 2.30. The summed E-state index contributed by atoms with van der Waals surface area (Å²) in [5.74, 6) is 2.17. The molecule has 8 heteroatoms. The van der Waals surface area contributed by atoms with Gasteiger partial charge in [-0.2, -0.15) is 5.26 Å². The topological polar surface area (TPSA) is 93.4 Å². The van der Waals surface area contributed by atoms with E-state index in [4.69, 9.17) is 23.7 Å². The molecular weight excluding hydrogens is 496 g/mol. The Morgan fingerprint density at radius 1 is 0.897 bits per heavy atom. The van der Waals surface area contributed by atoms with Crippen molar-refractivity contribution in [1.82, 2.24) is 4.90 Å². The summed E-state index contributed by atoms with van der Waals surface area (Å²) in [5.41, 5.74) is 2.13. The van der Waals surface area contributed by atoms with E-state index >= 15 is 0 Å². The predicted octanol–water partition coefficient (Wildman–Crippen LogP) is 4.61. The van der Waals surface area contributed by atoms with Crippen molar-refractivity contribution in [1.29, 1.82) is 5.26 Å². The molecule has 0 heterocycles. The van der Waals surface area contributed by atoms with Crippen LogP contribution in [0.1, 0.15) is 43.4 Å². The van der Waals surface area contributed by atoms with Crippen molar-refractivity contribution in [2.24, 2.45) is 5.92 Å². The van der Waals surface area contributed by atoms with Gasteiger partial charge in [-0.1, -0.05) is 26.0 Å². The first-order valence-electron chi connectivity index (χ1n) is 13.6. The monoisotopic (exact) mass is 542 g/mol. The van der Waals surface area contributed by atoms with Crippen LogP contribution >= 0.6 is 0 Å². The normalized spacial score (nSPS) is 12.8. The molecule has 216 valence electrons. The lowest BCUT2D eigenvalue weighted by molar-refractivity contribution is 0.144. The molecule has 0 bridgehead atoms. The van der Waals surface area contributed by atoms with Gasteiger partial charge in [0.05, 0.1) is 38.4 Å². The van der Waals surface area contributed by atoms with Gasteiger partial charge in [0.2, 0.25) is 0 Å². The number of aliphatic hydroxyl groups excluding tert-OH is 1. The summed E-state index contributed by atoms with van der Waals surface area (Å²) < 4.78 is 27.1. The Morgan fingerprint density at radius 3 is 2.15 bits per heavy atom. The predicted molar refractivity (Wildman–Crippen MR) is 153 cm³/mol. The Balaban J connectivity index is 2.00. The van der Waals surface area contributed by atoms with Crippen molar-refractivity contribution in [3.8, 4) is 23.3 Å². The molecule has 1 N–H and O–H groups in total. The second kappa shape index (κ2) is 17.0. The van der Waals surface area contributed by atoms with Crippen LogP contribution in [0.15, 0.2) is 36.4 Å². The number of likely N-dealkylation sites (N-methyl/N-ethyl adjacent to an activating group) is 1. The maximum Gasteiger partial charge on any atom is 0.161 e.